The Hall–Kier alpha value is -1.74. The third-order valence-corrected chi connectivity index (χ3v) is 3.43. The summed E-state index contributed by atoms with van der Waals surface area (Å²) in [5.41, 5.74) is 6.58. The monoisotopic (exact) mass is 259 g/mol. The van der Waals surface area contributed by atoms with E-state index in [2.05, 4.69) is 13.8 Å². The van der Waals surface area contributed by atoms with E-state index in [-0.39, 0.29) is 5.60 Å². The van der Waals surface area contributed by atoms with Crippen molar-refractivity contribution in [3.63, 3.8) is 0 Å². The van der Waals surface area contributed by atoms with E-state index in [0.717, 1.165) is 28.6 Å². The first kappa shape index (κ1) is 13.7. The fraction of sp³-hybridized carbons (Fsp3) is 0.375. The van der Waals surface area contributed by atoms with Gasteiger partial charge in [0.2, 0.25) is 0 Å². The van der Waals surface area contributed by atoms with Crippen LogP contribution in [0.3, 0.4) is 0 Å². The minimum atomic E-state index is -0.163. The number of hydrogen-bond acceptors (Lipinski definition) is 3. The Labute approximate surface area is 114 Å². The van der Waals surface area contributed by atoms with Gasteiger partial charge in [-0.3, -0.25) is 0 Å². The molecule has 0 aliphatic heterocycles. The molecule has 2 aromatic rings. The topological polar surface area (TPSA) is 44.5 Å². The molecule has 0 aliphatic carbocycles. The lowest BCUT2D eigenvalue weighted by Gasteiger charge is -2.23. The van der Waals surface area contributed by atoms with Gasteiger partial charge < -0.3 is 15.2 Å². The Kier molecular flexibility index (Phi) is 3.96. The Morgan fingerprint density at radius 1 is 1.05 bits per heavy atom. The summed E-state index contributed by atoms with van der Waals surface area (Å²) in [5.74, 6) is 0.872. The second-order valence-corrected chi connectivity index (χ2v) is 5.26. The van der Waals surface area contributed by atoms with Crippen molar-refractivity contribution < 1.29 is 9.47 Å². The minimum Gasteiger partial charge on any atom is -0.493 e. The Bertz CT molecular complexity index is 564. The molecule has 0 bridgehead atoms. The molecule has 2 N–H and O–H groups in total. The van der Waals surface area contributed by atoms with Crippen molar-refractivity contribution in [3.8, 4) is 5.75 Å². The number of anilines is 1. The van der Waals surface area contributed by atoms with Crippen molar-refractivity contribution in [1.82, 2.24) is 0 Å². The fourth-order valence-electron chi connectivity index (χ4n) is 1.93. The zero-order chi connectivity index (χ0) is 13.9. The molecule has 0 spiro atoms. The number of ether oxygens (including phenoxy) is 2. The first-order valence-electron chi connectivity index (χ1n) is 6.49. The average Bonchev–Trinajstić information content (AvgIpc) is 2.42. The molecular formula is C16H21NO2. The molecule has 0 saturated heterocycles. The summed E-state index contributed by atoms with van der Waals surface area (Å²) >= 11 is 0. The predicted octanol–water partition coefficient (Wildman–Crippen LogP) is 3.62. The lowest BCUT2D eigenvalue weighted by Crippen LogP contribution is -2.25. The first-order chi connectivity index (χ1) is 9.03. The van der Waals surface area contributed by atoms with Crippen LogP contribution in [0, 0.1) is 0 Å². The molecule has 3 heteroatoms. The van der Waals surface area contributed by atoms with Crippen LogP contribution in [0.25, 0.3) is 10.8 Å². The van der Waals surface area contributed by atoms with Gasteiger partial charge in [0.05, 0.1) is 12.2 Å². The van der Waals surface area contributed by atoms with Gasteiger partial charge in [-0.2, -0.15) is 0 Å². The molecule has 0 atom stereocenters. The van der Waals surface area contributed by atoms with Gasteiger partial charge in [-0.25, -0.2) is 0 Å². The third-order valence-electron chi connectivity index (χ3n) is 3.43. The predicted molar refractivity (Wildman–Crippen MR) is 79.6 cm³/mol. The first-order valence-corrected chi connectivity index (χ1v) is 6.49. The Morgan fingerprint density at radius 3 is 2.42 bits per heavy atom. The van der Waals surface area contributed by atoms with Gasteiger partial charge in [-0.15, -0.1) is 0 Å². The second kappa shape index (κ2) is 5.49. The highest BCUT2D eigenvalue weighted by Crippen LogP contribution is 2.30. The zero-order valence-corrected chi connectivity index (χ0v) is 11.8. The SMILES string of the molecule is COC(C)(C)CCOc1ccc(N)c2ccccc12. The van der Waals surface area contributed by atoms with Gasteiger partial charge in [-0.1, -0.05) is 24.3 Å². The van der Waals surface area contributed by atoms with Crippen LogP contribution in [0.2, 0.25) is 0 Å². The molecule has 19 heavy (non-hydrogen) atoms. The van der Waals surface area contributed by atoms with Crippen LogP contribution in [0.1, 0.15) is 20.3 Å². The van der Waals surface area contributed by atoms with E-state index in [0.29, 0.717) is 6.61 Å². The number of nitrogen functional groups attached to an aromatic ring is 1. The number of rotatable bonds is 5. The largest absolute Gasteiger partial charge is 0.493 e. The Balaban J connectivity index is 2.16. The second-order valence-electron chi connectivity index (χ2n) is 5.26. The van der Waals surface area contributed by atoms with E-state index in [4.69, 9.17) is 15.2 Å². The van der Waals surface area contributed by atoms with E-state index in [1.165, 1.54) is 0 Å². The van der Waals surface area contributed by atoms with Crippen molar-refractivity contribution in [1.29, 1.82) is 0 Å². The van der Waals surface area contributed by atoms with E-state index < -0.39 is 0 Å². The quantitative estimate of drug-likeness (QED) is 0.834. The van der Waals surface area contributed by atoms with E-state index in [1.54, 1.807) is 7.11 Å². The van der Waals surface area contributed by atoms with Crippen molar-refractivity contribution in [2.24, 2.45) is 0 Å². The highest BCUT2D eigenvalue weighted by atomic mass is 16.5. The van der Waals surface area contributed by atoms with E-state index >= 15 is 0 Å². The summed E-state index contributed by atoms with van der Waals surface area (Å²) in [6, 6.07) is 11.8. The van der Waals surface area contributed by atoms with Crippen molar-refractivity contribution >= 4 is 16.5 Å². The van der Waals surface area contributed by atoms with Crippen LogP contribution in [0.5, 0.6) is 5.75 Å². The summed E-state index contributed by atoms with van der Waals surface area (Å²) < 4.78 is 11.3. The zero-order valence-electron chi connectivity index (χ0n) is 11.8. The molecule has 0 heterocycles. The van der Waals surface area contributed by atoms with Gasteiger partial charge in [0.15, 0.2) is 0 Å². The molecular weight excluding hydrogens is 238 g/mol. The summed E-state index contributed by atoms with van der Waals surface area (Å²) in [7, 11) is 1.72. The van der Waals surface area contributed by atoms with Crippen molar-refractivity contribution in [2.75, 3.05) is 19.5 Å². The number of methoxy groups -OCH3 is 1. The van der Waals surface area contributed by atoms with Crippen molar-refractivity contribution in [3.05, 3.63) is 36.4 Å². The number of nitrogens with two attached hydrogens (primary N) is 1. The van der Waals surface area contributed by atoms with Crippen LogP contribution in [-0.2, 0) is 4.74 Å². The van der Waals surface area contributed by atoms with Crippen LogP contribution < -0.4 is 10.5 Å². The Morgan fingerprint density at radius 2 is 1.74 bits per heavy atom. The molecule has 3 nitrogen and oxygen atoms in total. The minimum absolute atomic E-state index is 0.163. The summed E-state index contributed by atoms with van der Waals surface area (Å²) in [4.78, 5) is 0. The molecule has 0 amide bonds. The average molecular weight is 259 g/mol. The smallest absolute Gasteiger partial charge is 0.127 e. The van der Waals surface area contributed by atoms with Crippen LogP contribution in [-0.4, -0.2) is 19.3 Å². The van der Waals surface area contributed by atoms with E-state index in [9.17, 15) is 0 Å². The normalized spacial score (nSPS) is 11.7. The fourth-order valence-corrected chi connectivity index (χ4v) is 1.93. The summed E-state index contributed by atoms with van der Waals surface area (Å²) in [6.45, 7) is 4.73. The van der Waals surface area contributed by atoms with Crippen LogP contribution in [0.15, 0.2) is 36.4 Å². The number of fused-ring (bicyclic) bond motifs is 1. The molecule has 102 valence electrons. The van der Waals surface area contributed by atoms with Gasteiger partial charge in [0, 0.05) is 30.0 Å². The highest BCUT2D eigenvalue weighted by Gasteiger charge is 2.16. The maximum atomic E-state index is 5.97. The van der Waals surface area contributed by atoms with Gasteiger partial charge >= 0.3 is 0 Å². The summed E-state index contributed by atoms with van der Waals surface area (Å²) in [6.07, 6.45) is 0.836. The van der Waals surface area contributed by atoms with Crippen molar-refractivity contribution in [2.45, 2.75) is 25.9 Å². The van der Waals surface area contributed by atoms with Gasteiger partial charge in [0.25, 0.3) is 0 Å². The molecule has 0 aromatic heterocycles. The van der Waals surface area contributed by atoms with E-state index in [1.807, 2.05) is 36.4 Å². The molecule has 2 aromatic carbocycles. The molecule has 0 radical (unpaired) electrons. The standard InChI is InChI=1S/C16H21NO2/c1-16(2,18-3)10-11-19-15-9-8-14(17)12-6-4-5-7-13(12)15/h4-9H,10-11,17H2,1-3H3. The highest BCUT2D eigenvalue weighted by molar-refractivity contribution is 5.96. The third kappa shape index (κ3) is 3.18. The molecule has 0 saturated carbocycles. The lowest BCUT2D eigenvalue weighted by molar-refractivity contribution is 0.00558. The summed E-state index contributed by atoms with van der Waals surface area (Å²) in [5, 5.41) is 2.09. The molecule has 0 aliphatic rings. The number of benzene rings is 2. The molecule has 2 rings (SSSR count). The van der Waals surface area contributed by atoms with Gasteiger partial charge in [-0.05, 0) is 26.0 Å². The maximum Gasteiger partial charge on any atom is 0.127 e. The maximum absolute atomic E-state index is 5.97. The lowest BCUT2D eigenvalue weighted by atomic mass is 10.1. The molecule has 0 unspecified atom stereocenters. The van der Waals surface area contributed by atoms with Crippen LogP contribution in [0.4, 0.5) is 5.69 Å². The molecule has 0 fully saturated rings. The van der Waals surface area contributed by atoms with Crippen LogP contribution >= 0.6 is 0 Å². The van der Waals surface area contributed by atoms with Gasteiger partial charge in [0.1, 0.15) is 5.75 Å². The number of hydrogen-bond donors (Lipinski definition) is 1.